The molecule has 0 amide bonds. The highest BCUT2D eigenvalue weighted by Gasteiger charge is 2.18. The first-order valence-electron chi connectivity index (χ1n) is 5.14. The number of rotatable bonds is 5. The van der Waals surface area contributed by atoms with Crippen LogP contribution in [0.3, 0.4) is 0 Å². The quantitative estimate of drug-likeness (QED) is 0.904. The Morgan fingerprint density at radius 1 is 1.47 bits per heavy atom. The van der Waals surface area contributed by atoms with Gasteiger partial charge in [0.15, 0.2) is 0 Å². The predicted molar refractivity (Wildman–Crippen MR) is 70.2 cm³/mol. The second-order valence-corrected chi connectivity index (χ2v) is 7.01. The highest BCUT2D eigenvalue weighted by Crippen LogP contribution is 2.28. The Balaban J connectivity index is 2.94. The second-order valence-electron chi connectivity index (χ2n) is 3.90. The molecule has 0 aromatic heterocycles. The molecule has 1 aromatic carbocycles. The summed E-state index contributed by atoms with van der Waals surface area (Å²) in [4.78, 5) is 0. The molecule has 0 heterocycles. The zero-order valence-electron chi connectivity index (χ0n) is 9.70. The van der Waals surface area contributed by atoms with Gasteiger partial charge in [0.1, 0.15) is 15.7 Å². The van der Waals surface area contributed by atoms with Crippen molar-refractivity contribution in [3.63, 3.8) is 0 Å². The molecule has 0 saturated carbocycles. The zero-order valence-corrected chi connectivity index (χ0v) is 12.1. The monoisotopic (exact) mass is 323 g/mol. The van der Waals surface area contributed by atoms with Gasteiger partial charge in [0, 0.05) is 22.3 Å². The molecule has 0 fully saturated rings. The van der Waals surface area contributed by atoms with E-state index in [1.807, 2.05) is 0 Å². The van der Waals surface area contributed by atoms with E-state index in [1.54, 1.807) is 19.2 Å². The fraction of sp³-hybridized carbons (Fsp3) is 0.455. The molecule has 0 saturated heterocycles. The molecule has 96 valence electrons. The fourth-order valence-electron chi connectivity index (χ4n) is 1.61. The molecule has 1 atom stereocenters. The molecule has 1 unspecified atom stereocenters. The van der Waals surface area contributed by atoms with Gasteiger partial charge < -0.3 is 5.32 Å². The summed E-state index contributed by atoms with van der Waals surface area (Å²) in [7, 11) is -1.35. The molecule has 0 bridgehead atoms. The molecule has 3 nitrogen and oxygen atoms in total. The summed E-state index contributed by atoms with van der Waals surface area (Å²) in [6.07, 6.45) is 1.52. The van der Waals surface area contributed by atoms with Gasteiger partial charge in [-0.25, -0.2) is 12.8 Å². The van der Waals surface area contributed by atoms with Crippen LogP contribution in [0.25, 0.3) is 0 Å². The summed E-state index contributed by atoms with van der Waals surface area (Å²) in [5, 5.41) is 2.94. The molecule has 0 radical (unpaired) electrons. The van der Waals surface area contributed by atoms with Crippen LogP contribution in [0.2, 0.25) is 0 Å². The molecule has 0 spiro atoms. The van der Waals surface area contributed by atoms with Gasteiger partial charge in [-0.15, -0.1) is 0 Å². The minimum Gasteiger partial charge on any atom is -0.313 e. The van der Waals surface area contributed by atoms with Crippen LogP contribution in [0.5, 0.6) is 0 Å². The molecular weight excluding hydrogens is 309 g/mol. The molecule has 0 aliphatic carbocycles. The third-order valence-electron chi connectivity index (χ3n) is 2.47. The molecular formula is C11H15BrFNO2S. The molecule has 0 aliphatic rings. The standard InChI is InChI=1S/C11H15BrFNO2S/c1-14-10(6-7-17(2,15)16)11-8(12)4-3-5-9(11)13/h3-5,10,14H,6-7H2,1-2H3. The number of halogens is 2. The lowest BCUT2D eigenvalue weighted by atomic mass is 10.0. The SMILES string of the molecule is CNC(CCS(C)(=O)=O)c1c(F)cccc1Br. The smallest absolute Gasteiger partial charge is 0.147 e. The lowest BCUT2D eigenvalue weighted by Crippen LogP contribution is -2.21. The van der Waals surface area contributed by atoms with Crippen LogP contribution in [0.1, 0.15) is 18.0 Å². The van der Waals surface area contributed by atoms with Crippen molar-refractivity contribution in [1.29, 1.82) is 0 Å². The van der Waals surface area contributed by atoms with Gasteiger partial charge in [-0.1, -0.05) is 22.0 Å². The summed E-state index contributed by atoms with van der Waals surface area (Å²) in [5.74, 6) is -0.313. The first-order valence-corrected chi connectivity index (χ1v) is 7.99. The van der Waals surface area contributed by atoms with Crippen molar-refractivity contribution >= 4 is 25.8 Å². The number of hydrogen-bond acceptors (Lipinski definition) is 3. The fourth-order valence-corrected chi connectivity index (χ4v) is 2.89. The Morgan fingerprint density at radius 3 is 2.59 bits per heavy atom. The maximum Gasteiger partial charge on any atom is 0.147 e. The van der Waals surface area contributed by atoms with Crippen molar-refractivity contribution in [2.75, 3.05) is 19.1 Å². The molecule has 1 N–H and O–H groups in total. The first kappa shape index (κ1) is 14.6. The molecule has 6 heteroatoms. The largest absolute Gasteiger partial charge is 0.313 e. The predicted octanol–water partition coefficient (Wildman–Crippen LogP) is 2.28. The third kappa shape index (κ3) is 4.37. The van der Waals surface area contributed by atoms with Crippen LogP contribution >= 0.6 is 15.9 Å². The van der Waals surface area contributed by atoms with E-state index in [4.69, 9.17) is 0 Å². The second kappa shape index (κ2) is 5.93. The average Bonchev–Trinajstić information content (AvgIpc) is 2.21. The molecule has 17 heavy (non-hydrogen) atoms. The number of sulfone groups is 1. The van der Waals surface area contributed by atoms with Gasteiger partial charge in [-0.2, -0.15) is 0 Å². The topological polar surface area (TPSA) is 46.2 Å². The zero-order chi connectivity index (χ0) is 13.1. The highest BCUT2D eigenvalue weighted by atomic mass is 79.9. The van der Waals surface area contributed by atoms with Gasteiger partial charge in [-0.05, 0) is 25.6 Å². The third-order valence-corrected chi connectivity index (χ3v) is 4.14. The van der Waals surface area contributed by atoms with Crippen molar-refractivity contribution < 1.29 is 12.8 Å². The lowest BCUT2D eigenvalue weighted by Gasteiger charge is -2.18. The van der Waals surface area contributed by atoms with Gasteiger partial charge in [0.25, 0.3) is 0 Å². The first-order chi connectivity index (χ1) is 7.85. The highest BCUT2D eigenvalue weighted by molar-refractivity contribution is 9.10. The minimum atomic E-state index is -3.04. The van der Waals surface area contributed by atoms with Crippen LogP contribution in [-0.2, 0) is 9.84 Å². The van der Waals surface area contributed by atoms with Crippen molar-refractivity contribution in [3.05, 3.63) is 34.1 Å². The summed E-state index contributed by atoms with van der Waals surface area (Å²) >= 11 is 3.28. The van der Waals surface area contributed by atoms with Crippen LogP contribution in [0.4, 0.5) is 4.39 Å². The summed E-state index contributed by atoms with van der Waals surface area (Å²) in [6.45, 7) is 0. The van der Waals surface area contributed by atoms with Crippen molar-refractivity contribution in [2.45, 2.75) is 12.5 Å². The van der Waals surface area contributed by atoms with E-state index in [0.29, 0.717) is 16.5 Å². The Morgan fingerprint density at radius 2 is 2.12 bits per heavy atom. The van der Waals surface area contributed by atoms with Crippen molar-refractivity contribution in [3.8, 4) is 0 Å². The minimum absolute atomic E-state index is 0.0271. The van der Waals surface area contributed by atoms with Crippen molar-refractivity contribution in [1.82, 2.24) is 5.32 Å². The lowest BCUT2D eigenvalue weighted by molar-refractivity contribution is 0.518. The van der Waals surface area contributed by atoms with Gasteiger partial charge >= 0.3 is 0 Å². The average molecular weight is 324 g/mol. The number of benzene rings is 1. The van der Waals surface area contributed by atoms with E-state index in [1.165, 1.54) is 12.3 Å². The summed E-state index contributed by atoms with van der Waals surface area (Å²) in [6, 6.07) is 4.39. The Hall–Kier alpha value is -0.460. The van der Waals surface area contributed by atoms with E-state index in [0.717, 1.165) is 0 Å². The number of hydrogen-bond donors (Lipinski definition) is 1. The van der Waals surface area contributed by atoms with Crippen LogP contribution in [0, 0.1) is 5.82 Å². The number of nitrogens with one attached hydrogen (secondary N) is 1. The van der Waals surface area contributed by atoms with E-state index in [2.05, 4.69) is 21.2 Å². The normalized spacial score (nSPS) is 13.6. The van der Waals surface area contributed by atoms with E-state index in [9.17, 15) is 12.8 Å². The summed E-state index contributed by atoms with van der Waals surface area (Å²) in [5.41, 5.74) is 0.471. The Labute approximate surface area is 109 Å². The van der Waals surface area contributed by atoms with E-state index < -0.39 is 9.84 Å². The summed E-state index contributed by atoms with van der Waals surface area (Å²) < 4.78 is 36.6. The van der Waals surface area contributed by atoms with E-state index >= 15 is 0 Å². The van der Waals surface area contributed by atoms with Gasteiger partial charge in [-0.3, -0.25) is 0 Å². The maximum atomic E-state index is 13.7. The van der Waals surface area contributed by atoms with Crippen LogP contribution in [-0.4, -0.2) is 27.5 Å². The Bertz CT molecular complexity index is 470. The Kier molecular flexibility index (Phi) is 5.09. The van der Waals surface area contributed by atoms with Crippen LogP contribution in [0.15, 0.2) is 22.7 Å². The molecule has 0 aliphatic heterocycles. The molecule has 1 rings (SSSR count). The molecule has 1 aromatic rings. The van der Waals surface area contributed by atoms with Gasteiger partial charge in [0.2, 0.25) is 0 Å². The van der Waals surface area contributed by atoms with Gasteiger partial charge in [0.05, 0.1) is 5.75 Å². The van der Waals surface area contributed by atoms with E-state index in [-0.39, 0.29) is 17.6 Å². The maximum absolute atomic E-state index is 13.7. The van der Waals surface area contributed by atoms with Crippen molar-refractivity contribution in [2.24, 2.45) is 0 Å². The van der Waals surface area contributed by atoms with Crippen LogP contribution < -0.4 is 5.32 Å².